The maximum absolute atomic E-state index is 12.0. The fraction of sp³-hybridized carbons (Fsp3) is 0.385. The molecule has 7 heteroatoms. The number of rotatable bonds is 3. The molecule has 0 bridgehead atoms. The molecular formula is C13H15NO5S. The Hall–Kier alpha value is -1.89. The van der Waals surface area contributed by atoms with E-state index in [4.69, 9.17) is 5.11 Å². The molecule has 0 unspecified atom stereocenters. The van der Waals surface area contributed by atoms with Gasteiger partial charge in [0, 0.05) is 11.6 Å². The summed E-state index contributed by atoms with van der Waals surface area (Å²) in [6.45, 7) is 0. The molecule has 0 spiro atoms. The van der Waals surface area contributed by atoms with E-state index in [1.54, 1.807) is 12.1 Å². The Bertz CT molecular complexity index is 624. The standard InChI is InChI=1S/C13H15NO5S/c15-12(9-4-6-20(18,19)7-5-9)14-11-3-1-2-10(8-11)13(16)17/h1-3,8-9H,4-7H2,(H,14,15)(H,16,17). The van der Waals surface area contributed by atoms with Gasteiger partial charge in [-0.25, -0.2) is 13.2 Å². The van der Waals surface area contributed by atoms with Crippen LogP contribution in [0.15, 0.2) is 24.3 Å². The largest absolute Gasteiger partial charge is 0.478 e. The van der Waals surface area contributed by atoms with Crippen LogP contribution in [0.5, 0.6) is 0 Å². The smallest absolute Gasteiger partial charge is 0.335 e. The van der Waals surface area contributed by atoms with E-state index in [2.05, 4.69) is 5.32 Å². The summed E-state index contributed by atoms with van der Waals surface area (Å²) in [5.74, 6) is -1.61. The zero-order valence-corrected chi connectivity index (χ0v) is 11.5. The van der Waals surface area contributed by atoms with E-state index in [-0.39, 0.29) is 28.9 Å². The Morgan fingerprint density at radius 3 is 2.45 bits per heavy atom. The summed E-state index contributed by atoms with van der Waals surface area (Å²) in [4.78, 5) is 22.8. The summed E-state index contributed by atoms with van der Waals surface area (Å²) in [6, 6.07) is 5.96. The molecule has 1 amide bonds. The summed E-state index contributed by atoms with van der Waals surface area (Å²) in [6.07, 6.45) is 0.625. The van der Waals surface area contributed by atoms with Crippen molar-refractivity contribution in [1.82, 2.24) is 0 Å². The summed E-state index contributed by atoms with van der Waals surface area (Å²) < 4.78 is 22.6. The molecule has 0 aliphatic carbocycles. The zero-order valence-electron chi connectivity index (χ0n) is 10.7. The first-order chi connectivity index (χ1) is 9.37. The van der Waals surface area contributed by atoms with Crippen LogP contribution < -0.4 is 5.32 Å². The fourth-order valence-electron chi connectivity index (χ4n) is 2.13. The fourth-order valence-corrected chi connectivity index (χ4v) is 3.62. The molecule has 0 saturated carbocycles. The number of benzene rings is 1. The third-order valence-electron chi connectivity index (χ3n) is 3.30. The van der Waals surface area contributed by atoms with Crippen LogP contribution in [-0.4, -0.2) is 36.9 Å². The molecule has 1 fully saturated rings. The third kappa shape index (κ3) is 3.57. The maximum Gasteiger partial charge on any atom is 0.335 e. The van der Waals surface area contributed by atoms with E-state index in [0.29, 0.717) is 18.5 Å². The maximum atomic E-state index is 12.0. The molecule has 1 aliphatic rings. The highest BCUT2D eigenvalue weighted by Crippen LogP contribution is 2.21. The Kier molecular flexibility index (Phi) is 4.08. The number of amides is 1. The minimum atomic E-state index is -3.00. The SMILES string of the molecule is O=C(O)c1cccc(NC(=O)C2CCS(=O)(=O)CC2)c1. The van der Waals surface area contributed by atoms with Gasteiger partial charge in [0.15, 0.2) is 0 Å². The number of hydrogen-bond donors (Lipinski definition) is 2. The lowest BCUT2D eigenvalue weighted by atomic mass is 10.0. The predicted octanol–water partition coefficient (Wildman–Crippen LogP) is 1.15. The summed E-state index contributed by atoms with van der Waals surface area (Å²) in [5, 5.41) is 11.5. The van der Waals surface area contributed by atoms with Gasteiger partial charge in [-0.05, 0) is 31.0 Å². The Morgan fingerprint density at radius 2 is 1.85 bits per heavy atom. The van der Waals surface area contributed by atoms with E-state index in [1.165, 1.54) is 12.1 Å². The molecule has 1 aromatic carbocycles. The lowest BCUT2D eigenvalue weighted by Crippen LogP contribution is -2.31. The molecule has 2 rings (SSSR count). The van der Waals surface area contributed by atoms with Crippen LogP contribution in [0, 0.1) is 5.92 Å². The molecule has 0 atom stereocenters. The molecule has 20 heavy (non-hydrogen) atoms. The van der Waals surface area contributed by atoms with Gasteiger partial charge in [0.2, 0.25) is 5.91 Å². The van der Waals surface area contributed by atoms with Crippen molar-refractivity contribution in [3.05, 3.63) is 29.8 Å². The molecular weight excluding hydrogens is 282 g/mol. The van der Waals surface area contributed by atoms with E-state index in [1.807, 2.05) is 0 Å². The number of carbonyl (C=O) groups is 2. The molecule has 0 radical (unpaired) electrons. The minimum absolute atomic E-state index is 0.0280. The zero-order chi connectivity index (χ0) is 14.8. The van der Waals surface area contributed by atoms with Crippen molar-refractivity contribution in [1.29, 1.82) is 0 Å². The van der Waals surface area contributed by atoms with Gasteiger partial charge in [0.1, 0.15) is 9.84 Å². The second-order valence-corrected chi connectivity index (χ2v) is 7.10. The molecule has 1 aromatic rings. The van der Waals surface area contributed by atoms with Crippen molar-refractivity contribution in [3.8, 4) is 0 Å². The van der Waals surface area contributed by atoms with E-state index >= 15 is 0 Å². The van der Waals surface area contributed by atoms with E-state index in [9.17, 15) is 18.0 Å². The number of carboxylic acids is 1. The molecule has 1 saturated heterocycles. The van der Waals surface area contributed by atoms with Crippen molar-refractivity contribution < 1.29 is 23.1 Å². The monoisotopic (exact) mass is 297 g/mol. The van der Waals surface area contributed by atoms with Crippen molar-refractivity contribution in [3.63, 3.8) is 0 Å². The number of anilines is 1. The number of aromatic carboxylic acids is 1. The second kappa shape index (κ2) is 5.62. The second-order valence-electron chi connectivity index (χ2n) is 4.80. The van der Waals surface area contributed by atoms with Crippen LogP contribution in [-0.2, 0) is 14.6 Å². The van der Waals surface area contributed by atoms with Crippen LogP contribution in [0.3, 0.4) is 0 Å². The average Bonchev–Trinajstić information content (AvgIpc) is 2.38. The van der Waals surface area contributed by atoms with Crippen LogP contribution in [0.4, 0.5) is 5.69 Å². The topological polar surface area (TPSA) is 101 Å². The van der Waals surface area contributed by atoms with Gasteiger partial charge < -0.3 is 10.4 Å². The normalized spacial score (nSPS) is 18.4. The van der Waals surface area contributed by atoms with Crippen molar-refractivity contribution in [2.24, 2.45) is 5.92 Å². The minimum Gasteiger partial charge on any atom is -0.478 e. The first-order valence-electron chi connectivity index (χ1n) is 6.22. The third-order valence-corrected chi connectivity index (χ3v) is 5.02. The first-order valence-corrected chi connectivity index (χ1v) is 8.04. The molecule has 2 N–H and O–H groups in total. The van der Waals surface area contributed by atoms with Crippen LogP contribution in [0.2, 0.25) is 0 Å². The molecule has 0 aromatic heterocycles. The van der Waals surface area contributed by atoms with Gasteiger partial charge in [0.25, 0.3) is 0 Å². The van der Waals surface area contributed by atoms with E-state index in [0.717, 1.165) is 0 Å². The van der Waals surface area contributed by atoms with Crippen LogP contribution in [0.25, 0.3) is 0 Å². The molecule has 1 aliphatic heterocycles. The summed E-state index contributed by atoms with van der Waals surface area (Å²) in [5.41, 5.74) is 0.498. The van der Waals surface area contributed by atoms with Gasteiger partial charge >= 0.3 is 5.97 Å². The quantitative estimate of drug-likeness (QED) is 0.871. The number of carbonyl (C=O) groups excluding carboxylic acids is 1. The number of sulfone groups is 1. The molecule has 108 valence electrons. The van der Waals surface area contributed by atoms with E-state index < -0.39 is 15.8 Å². The van der Waals surface area contributed by atoms with Gasteiger partial charge in [-0.15, -0.1) is 0 Å². The van der Waals surface area contributed by atoms with Crippen molar-refractivity contribution in [2.45, 2.75) is 12.8 Å². The highest BCUT2D eigenvalue weighted by atomic mass is 32.2. The number of carboxylic acid groups (broad SMARTS) is 1. The summed E-state index contributed by atoms with van der Waals surface area (Å²) >= 11 is 0. The van der Waals surface area contributed by atoms with Crippen LogP contribution >= 0.6 is 0 Å². The highest BCUT2D eigenvalue weighted by Gasteiger charge is 2.28. The number of nitrogens with one attached hydrogen (secondary N) is 1. The van der Waals surface area contributed by atoms with Gasteiger partial charge in [-0.2, -0.15) is 0 Å². The van der Waals surface area contributed by atoms with Crippen molar-refractivity contribution in [2.75, 3.05) is 16.8 Å². The predicted molar refractivity (Wildman–Crippen MR) is 73.4 cm³/mol. The lowest BCUT2D eigenvalue weighted by Gasteiger charge is -2.21. The Labute approximate surface area is 116 Å². The molecule has 1 heterocycles. The molecule has 6 nitrogen and oxygen atoms in total. The Morgan fingerprint density at radius 1 is 1.20 bits per heavy atom. The van der Waals surface area contributed by atoms with Gasteiger partial charge in [0.05, 0.1) is 17.1 Å². The van der Waals surface area contributed by atoms with Gasteiger partial charge in [-0.1, -0.05) is 6.07 Å². The number of hydrogen-bond acceptors (Lipinski definition) is 4. The Balaban J connectivity index is 2.02. The van der Waals surface area contributed by atoms with Crippen molar-refractivity contribution >= 4 is 27.4 Å². The van der Waals surface area contributed by atoms with Gasteiger partial charge in [-0.3, -0.25) is 4.79 Å². The summed E-state index contributed by atoms with van der Waals surface area (Å²) in [7, 11) is -3.00. The lowest BCUT2D eigenvalue weighted by molar-refractivity contribution is -0.120. The first kappa shape index (κ1) is 14.5. The average molecular weight is 297 g/mol. The highest BCUT2D eigenvalue weighted by molar-refractivity contribution is 7.91. The van der Waals surface area contributed by atoms with Crippen LogP contribution in [0.1, 0.15) is 23.2 Å².